The lowest BCUT2D eigenvalue weighted by Crippen LogP contribution is -2.40. The van der Waals surface area contributed by atoms with Gasteiger partial charge < -0.3 is 10.4 Å². The van der Waals surface area contributed by atoms with E-state index in [2.05, 4.69) is 24.4 Å². The first-order chi connectivity index (χ1) is 7.26. The maximum Gasteiger partial charge on any atom is 0.0923 e. The van der Waals surface area contributed by atoms with Crippen LogP contribution >= 0.6 is 0 Å². The summed E-state index contributed by atoms with van der Waals surface area (Å²) in [7, 11) is 0. The molecule has 2 N–H and O–H groups in total. The molecule has 1 saturated heterocycles. The molecular formula is C13H19NO. The van der Waals surface area contributed by atoms with E-state index in [1.807, 2.05) is 12.1 Å². The lowest BCUT2D eigenvalue weighted by molar-refractivity contribution is 0.00518. The minimum Gasteiger partial charge on any atom is -0.385 e. The number of hydrogen-bond acceptors (Lipinski definition) is 2. The summed E-state index contributed by atoms with van der Waals surface area (Å²) in [4.78, 5) is 0. The van der Waals surface area contributed by atoms with E-state index >= 15 is 0 Å². The van der Waals surface area contributed by atoms with E-state index in [-0.39, 0.29) is 0 Å². The van der Waals surface area contributed by atoms with Gasteiger partial charge in [-0.05, 0) is 43.5 Å². The Hall–Kier alpha value is -0.860. The normalized spacial score (nSPS) is 20.1. The molecule has 1 aromatic carbocycles. The van der Waals surface area contributed by atoms with E-state index in [4.69, 9.17) is 0 Å². The van der Waals surface area contributed by atoms with Crippen molar-refractivity contribution in [2.45, 2.75) is 31.8 Å². The molecule has 0 aromatic heterocycles. The zero-order valence-corrected chi connectivity index (χ0v) is 9.29. The monoisotopic (exact) mass is 205 g/mol. The SMILES string of the molecule is CCc1ccccc1C1(O)CCNCC1. The van der Waals surface area contributed by atoms with Crippen molar-refractivity contribution < 1.29 is 5.11 Å². The number of piperidine rings is 1. The Balaban J connectivity index is 2.34. The predicted octanol–water partition coefficient (Wildman–Crippen LogP) is 1.82. The van der Waals surface area contributed by atoms with E-state index in [1.165, 1.54) is 5.56 Å². The quantitative estimate of drug-likeness (QED) is 0.772. The minimum atomic E-state index is -0.599. The highest BCUT2D eigenvalue weighted by Gasteiger charge is 2.32. The molecule has 2 nitrogen and oxygen atoms in total. The average Bonchev–Trinajstić information content (AvgIpc) is 2.30. The summed E-state index contributed by atoms with van der Waals surface area (Å²) in [5.41, 5.74) is 1.81. The van der Waals surface area contributed by atoms with Crippen LogP contribution in [0.3, 0.4) is 0 Å². The van der Waals surface area contributed by atoms with Gasteiger partial charge in [-0.15, -0.1) is 0 Å². The Bertz CT molecular complexity index is 329. The van der Waals surface area contributed by atoms with Gasteiger partial charge in [0.1, 0.15) is 0 Å². The van der Waals surface area contributed by atoms with Crippen LogP contribution in [0.1, 0.15) is 30.9 Å². The van der Waals surface area contributed by atoms with Crippen molar-refractivity contribution in [3.63, 3.8) is 0 Å². The van der Waals surface area contributed by atoms with Crippen molar-refractivity contribution in [1.29, 1.82) is 0 Å². The number of hydrogen-bond donors (Lipinski definition) is 2. The molecule has 1 heterocycles. The number of aliphatic hydroxyl groups is 1. The summed E-state index contributed by atoms with van der Waals surface area (Å²) in [6.07, 6.45) is 2.64. The molecule has 15 heavy (non-hydrogen) atoms. The summed E-state index contributed by atoms with van der Waals surface area (Å²) in [5.74, 6) is 0. The Kier molecular flexibility index (Phi) is 3.08. The highest BCUT2D eigenvalue weighted by atomic mass is 16.3. The number of benzene rings is 1. The largest absolute Gasteiger partial charge is 0.385 e. The first-order valence-corrected chi connectivity index (χ1v) is 5.78. The van der Waals surface area contributed by atoms with Gasteiger partial charge in [-0.25, -0.2) is 0 Å². The van der Waals surface area contributed by atoms with Crippen molar-refractivity contribution in [1.82, 2.24) is 5.32 Å². The second kappa shape index (κ2) is 4.33. The van der Waals surface area contributed by atoms with Crippen molar-refractivity contribution in [2.75, 3.05) is 13.1 Å². The first-order valence-electron chi connectivity index (χ1n) is 5.78. The molecular weight excluding hydrogens is 186 g/mol. The molecule has 82 valence electrons. The molecule has 0 radical (unpaired) electrons. The van der Waals surface area contributed by atoms with Crippen LogP contribution in [-0.4, -0.2) is 18.2 Å². The van der Waals surface area contributed by atoms with Gasteiger partial charge in [0.05, 0.1) is 5.60 Å². The van der Waals surface area contributed by atoms with Gasteiger partial charge in [-0.2, -0.15) is 0 Å². The maximum absolute atomic E-state index is 10.6. The van der Waals surface area contributed by atoms with Crippen LogP contribution in [0.2, 0.25) is 0 Å². The lowest BCUT2D eigenvalue weighted by Gasteiger charge is -2.34. The van der Waals surface area contributed by atoms with Crippen LogP contribution in [0.4, 0.5) is 0 Å². The van der Waals surface area contributed by atoms with Crippen molar-refractivity contribution >= 4 is 0 Å². The fourth-order valence-electron chi connectivity index (χ4n) is 2.39. The average molecular weight is 205 g/mol. The zero-order chi connectivity index (χ0) is 10.7. The number of nitrogens with one attached hydrogen (secondary N) is 1. The van der Waals surface area contributed by atoms with Crippen LogP contribution in [-0.2, 0) is 12.0 Å². The summed E-state index contributed by atoms with van der Waals surface area (Å²) in [6.45, 7) is 3.96. The third-order valence-electron chi connectivity index (χ3n) is 3.33. The third-order valence-corrected chi connectivity index (χ3v) is 3.33. The van der Waals surface area contributed by atoms with Crippen LogP contribution < -0.4 is 5.32 Å². The van der Waals surface area contributed by atoms with E-state index in [9.17, 15) is 5.11 Å². The first kappa shape index (κ1) is 10.7. The molecule has 0 spiro atoms. The molecule has 0 aliphatic carbocycles. The Morgan fingerprint density at radius 2 is 1.93 bits per heavy atom. The standard InChI is InChI=1S/C13H19NO/c1-2-11-5-3-4-6-12(11)13(15)7-9-14-10-8-13/h3-6,14-15H,2,7-10H2,1H3. The molecule has 0 unspecified atom stereocenters. The zero-order valence-electron chi connectivity index (χ0n) is 9.29. The fraction of sp³-hybridized carbons (Fsp3) is 0.538. The second-order valence-corrected chi connectivity index (χ2v) is 4.29. The van der Waals surface area contributed by atoms with E-state index < -0.39 is 5.60 Å². The van der Waals surface area contributed by atoms with Gasteiger partial charge in [-0.3, -0.25) is 0 Å². The molecule has 0 saturated carbocycles. The topological polar surface area (TPSA) is 32.3 Å². The summed E-state index contributed by atoms with van der Waals surface area (Å²) >= 11 is 0. The molecule has 1 aliphatic rings. The molecule has 0 amide bonds. The van der Waals surface area contributed by atoms with Gasteiger partial charge in [0.25, 0.3) is 0 Å². The summed E-state index contributed by atoms with van der Waals surface area (Å²) in [5, 5.41) is 13.9. The van der Waals surface area contributed by atoms with Crippen LogP contribution in [0, 0.1) is 0 Å². The second-order valence-electron chi connectivity index (χ2n) is 4.29. The molecule has 2 rings (SSSR count). The van der Waals surface area contributed by atoms with Crippen LogP contribution in [0.15, 0.2) is 24.3 Å². The van der Waals surface area contributed by atoms with Crippen molar-refractivity contribution in [2.24, 2.45) is 0 Å². The van der Waals surface area contributed by atoms with Gasteiger partial charge in [-0.1, -0.05) is 31.2 Å². The molecule has 1 aromatic rings. The van der Waals surface area contributed by atoms with Crippen LogP contribution in [0.25, 0.3) is 0 Å². The molecule has 1 aliphatic heterocycles. The Labute approximate surface area is 91.3 Å². The smallest absolute Gasteiger partial charge is 0.0923 e. The lowest BCUT2D eigenvalue weighted by atomic mass is 9.82. The maximum atomic E-state index is 10.6. The number of aryl methyl sites for hydroxylation is 1. The molecule has 2 heteroatoms. The third kappa shape index (κ3) is 2.06. The fourth-order valence-corrected chi connectivity index (χ4v) is 2.39. The van der Waals surface area contributed by atoms with E-state index in [0.29, 0.717) is 0 Å². The summed E-state index contributed by atoms with van der Waals surface area (Å²) < 4.78 is 0. The minimum absolute atomic E-state index is 0.599. The van der Waals surface area contributed by atoms with Crippen LogP contribution in [0.5, 0.6) is 0 Å². The van der Waals surface area contributed by atoms with Gasteiger partial charge in [0, 0.05) is 0 Å². The highest BCUT2D eigenvalue weighted by molar-refractivity contribution is 5.32. The Morgan fingerprint density at radius 3 is 2.60 bits per heavy atom. The molecule has 1 fully saturated rings. The van der Waals surface area contributed by atoms with Crippen molar-refractivity contribution in [3.05, 3.63) is 35.4 Å². The van der Waals surface area contributed by atoms with E-state index in [0.717, 1.165) is 37.9 Å². The molecule has 0 bridgehead atoms. The highest BCUT2D eigenvalue weighted by Crippen LogP contribution is 2.32. The van der Waals surface area contributed by atoms with Gasteiger partial charge in [0.15, 0.2) is 0 Å². The Morgan fingerprint density at radius 1 is 1.27 bits per heavy atom. The van der Waals surface area contributed by atoms with Crippen molar-refractivity contribution in [3.8, 4) is 0 Å². The summed E-state index contributed by atoms with van der Waals surface area (Å²) in [6, 6.07) is 8.26. The van der Waals surface area contributed by atoms with Gasteiger partial charge in [0.2, 0.25) is 0 Å². The predicted molar refractivity (Wildman–Crippen MR) is 61.8 cm³/mol. The van der Waals surface area contributed by atoms with E-state index in [1.54, 1.807) is 0 Å². The van der Waals surface area contributed by atoms with Gasteiger partial charge >= 0.3 is 0 Å². The molecule has 0 atom stereocenters. The number of rotatable bonds is 2.